The summed E-state index contributed by atoms with van der Waals surface area (Å²) in [7, 11) is 0. The van der Waals surface area contributed by atoms with Crippen molar-refractivity contribution in [1.29, 1.82) is 0 Å². The maximum atomic E-state index is 10.4. The number of ether oxygens (including phenoxy) is 1. The minimum absolute atomic E-state index is 0.0604. The smallest absolute Gasteiger partial charge is 0.162 e. The number of aldehydes is 1. The van der Waals surface area contributed by atoms with E-state index in [1.165, 1.54) is 0 Å². The van der Waals surface area contributed by atoms with Gasteiger partial charge in [0, 0.05) is 0 Å². The Morgan fingerprint density at radius 3 is 2.82 bits per heavy atom. The molecule has 0 aromatic heterocycles. The molecule has 0 atom stereocenters. The lowest BCUT2D eigenvalue weighted by atomic mass is 10.2. The summed E-state index contributed by atoms with van der Waals surface area (Å²) in [5.74, 6) is 0.525. The van der Waals surface area contributed by atoms with E-state index in [1.807, 2.05) is 0 Å². The Labute approximate surface area is 69.7 Å². The third-order valence-corrected chi connectivity index (χ3v) is 1.37. The van der Waals surface area contributed by atoms with Gasteiger partial charge in [-0.3, -0.25) is 4.79 Å². The molecule has 0 unspecified atom stereocenters. The Morgan fingerprint density at radius 1 is 1.45 bits per heavy atom. The number of carbonyl (C=O) groups excluding carboxylic acids is 1. The third-order valence-electron chi connectivity index (χ3n) is 1.26. The number of hydrogen-bond donors (Lipinski definition) is 0. The summed E-state index contributed by atoms with van der Waals surface area (Å²) >= 11 is 5.33. The molecule has 0 N–H and O–H groups in total. The first-order valence-electron chi connectivity index (χ1n) is 3.11. The van der Waals surface area contributed by atoms with Crippen molar-refractivity contribution in [3.05, 3.63) is 29.8 Å². The van der Waals surface area contributed by atoms with Gasteiger partial charge < -0.3 is 4.74 Å². The van der Waals surface area contributed by atoms with Crippen LogP contribution < -0.4 is 4.74 Å². The van der Waals surface area contributed by atoms with Gasteiger partial charge in [0.25, 0.3) is 0 Å². The van der Waals surface area contributed by atoms with Crippen LogP contribution in [0.25, 0.3) is 0 Å². The fourth-order valence-electron chi connectivity index (χ4n) is 0.768. The van der Waals surface area contributed by atoms with Crippen molar-refractivity contribution >= 4 is 17.9 Å². The minimum Gasteiger partial charge on any atom is -0.477 e. The third kappa shape index (κ3) is 1.95. The molecule has 1 rings (SSSR count). The van der Waals surface area contributed by atoms with E-state index in [-0.39, 0.29) is 6.07 Å². The number of alkyl halides is 1. The van der Waals surface area contributed by atoms with Gasteiger partial charge in [-0.25, -0.2) is 0 Å². The van der Waals surface area contributed by atoms with Gasteiger partial charge in [-0.15, -0.1) is 0 Å². The highest BCUT2D eigenvalue weighted by molar-refractivity contribution is 6.17. The van der Waals surface area contributed by atoms with Crippen LogP contribution in [-0.4, -0.2) is 12.4 Å². The molecule has 11 heavy (non-hydrogen) atoms. The molecule has 0 aliphatic heterocycles. The number of halogens is 1. The fourth-order valence-corrected chi connectivity index (χ4v) is 0.886. The maximum absolute atomic E-state index is 10.4. The number of rotatable bonds is 3. The molecular formula is C8H7ClO2. The van der Waals surface area contributed by atoms with Crippen LogP contribution in [0.15, 0.2) is 24.3 Å². The molecule has 0 saturated heterocycles. The van der Waals surface area contributed by atoms with E-state index in [1.54, 1.807) is 24.3 Å². The van der Waals surface area contributed by atoms with Crippen molar-refractivity contribution in [2.75, 3.05) is 6.07 Å². The highest BCUT2D eigenvalue weighted by atomic mass is 35.5. The standard InChI is InChI=1S/C8H7ClO2/c9-6-11-8-4-2-1-3-7(8)5-10/h1-5H,6H2. The lowest BCUT2D eigenvalue weighted by Gasteiger charge is -2.02. The van der Waals surface area contributed by atoms with E-state index in [4.69, 9.17) is 16.3 Å². The van der Waals surface area contributed by atoms with Crippen LogP contribution in [0.1, 0.15) is 10.4 Å². The first-order valence-corrected chi connectivity index (χ1v) is 3.65. The van der Waals surface area contributed by atoms with Gasteiger partial charge in [-0.05, 0) is 12.1 Å². The number of carbonyl (C=O) groups is 1. The zero-order valence-corrected chi connectivity index (χ0v) is 6.54. The lowest BCUT2D eigenvalue weighted by molar-refractivity contribution is 0.112. The van der Waals surface area contributed by atoms with Gasteiger partial charge in [0.1, 0.15) is 5.75 Å². The highest BCUT2D eigenvalue weighted by Gasteiger charge is 1.98. The summed E-state index contributed by atoms with van der Waals surface area (Å²) in [4.78, 5) is 10.4. The summed E-state index contributed by atoms with van der Waals surface area (Å²) in [6.07, 6.45) is 0.738. The Kier molecular flexibility index (Phi) is 2.93. The molecule has 58 valence electrons. The van der Waals surface area contributed by atoms with Crippen molar-refractivity contribution in [1.82, 2.24) is 0 Å². The normalized spacial score (nSPS) is 9.18. The molecule has 0 amide bonds. The van der Waals surface area contributed by atoms with Crippen LogP contribution in [-0.2, 0) is 0 Å². The van der Waals surface area contributed by atoms with Crippen LogP contribution in [0, 0.1) is 0 Å². The molecule has 1 aromatic carbocycles. The fraction of sp³-hybridized carbons (Fsp3) is 0.125. The predicted octanol–water partition coefficient (Wildman–Crippen LogP) is 2.07. The van der Waals surface area contributed by atoms with Crippen molar-refractivity contribution in [2.24, 2.45) is 0 Å². The molecule has 0 radical (unpaired) electrons. The van der Waals surface area contributed by atoms with Crippen LogP contribution in [0.3, 0.4) is 0 Å². The van der Waals surface area contributed by atoms with Crippen LogP contribution in [0.5, 0.6) is 5.75 Å². The number of benzene rings is 1. The average Bonchev–Trinajstić information content (AvgIpc) is 2.06. The topological polar surface area (TPSA) is 26.3 Å². The van der Waals surface area contributed by atoms with Crippen molar-refractivity contribution in [3.8, 4) is 5.75 Å². The maximum Gasteiger partial charge on any atom is 0.162 e. The molecule has 0 aliphatic rings. The van der Waals surface area contributed by atoms with Gasteiger partial charge in [-0.2, -0.15) is 0 Å². The van der Waals surface area contributed by atoms with Gasteiger partial charge >= 0.3 is 0 Å². The van der Waals surface area contributed by atoms with E-state index in [9.17, 15) is 4.79 Å². The van der Waals surface area contributed by atoms with Gasteiger partial charge in [0.15, 0.2) is 12.4 Å². The first kappa shape index (κ1) is 8.08. The molecule has 1 aromatic rings. The molecule has 0 spiro atoms. The summed E-state index contributed by atoms with van der Waals surface area (Å²) in [6.45, 7) is 0. The lowest BCUT2D eigenvalue weighted by Crippen LogP contribution is -1.92. The average molecular weight is 171 g/mol. The van der Waals surface area contributed by atoms with E-state index >= 15 is 0 Å². The zero-order chi connectivity index (χ0) is 8.10. The second kappa shape index (κ2) is 3.98. The summed E-state index contributed by atoms with van der Waals surface area (Å²) in [6, 6.07) is 6.99. The Morgan fingerprint density at radius 2 is 2.18 bits per heavy atom. The molecular weight excluding hydrogens is 164 g/mol. The second-order valence-corrected chi connectivity index (χ2v) is 2.13. The second-order valence-electron chi connectivity index (χ2n) is 1.91. The van der Waals surface area contributed by atoms with E-state index in [2.05, 4.69) is 0 Å². The van der Waals surface area contributed by atoms with Gasteiger partial charge in [0.2, 0.25) is 0 Å². The molecule has 2 nitrogen and oxygen atoms in total. The van der Waals surface area contributed by atoms with Crippen molar-refractivity contribution < 1.29 is 9.53 Å². The highest BCUT2D eigenvalue weighted by Crippen LogP contribution is 2.15. The molecule has 0 aliphatic carbocycles. The van der Waals surface area contributed by atoms with Crippen molar-refractivity contribution in [2.45, 2.75) is 0 Å². The Hall–Kier alpha value is -1.02. The Balaban J connectivity index is 2.92. The molecule has 0 saturated carbocycles. The van der Waals surface area contributed by atoms with Crippen LogP contribution in [0.2, 0.25) is 0 Å². The number of hydrogen-bond acceptors (Lipinski definition) is 2. The van der Waals surface area contributed by atoms with Crippen LogP contribution >= 0.6 is 11.6 Å². The first-order chi connectivity index (χ1) is 5.38. The van der Waals surface area contributed by atoms with E-state index in [0.717, 1.165) is 6.29 Å². The largest absolute Gasteiger partial charge is 0.477 e. The minimum atomic E-state index is 0.0604. The number of para-hydroxylation sites is 1. The van der Waals surface area contributed by atoms with E-state index in [0.29, 0.717) is 11.3 Å². The van der Waals surface area contributed by atoms with Gasteiger partial charge in [0.05, 0.1) is 5.56 Å². The Bertz CT molecular complexity index is 248. The SMILES string of the molecule is O=Cc1ccccc1OCCl. The quantitative estimate of drug-likeness (QED) is 0.513. The van der Waals surface area contributed by atoms with Crippen molar-refractivity contribution in [3.63, 3.8) is 0 Å². The summed E-state index contributed by atoms with van der Waals surface area (Å²) in [5.41, 5.74) is 0.521. The molecule has 3 heteroatoms. The summed E-state index contributed by atoms with van der Waals surface area (Å²) < 4.78 is 4.96. The van der Waals surface area contributed by atoms with Gasteiger partial charge in [-0.1, -0.05) is 23.7 Å². The molecule has 0 fully saturated rings. The zero-order valence-electron chi connectivity index (χ0n) is 5.79. The predicted molar refractivity (Wildman–Crippen MR) is 43.2 cm³/mol. The molecule has 0 heterocycles. The van der Waals surface area contributed by atoms with Crippen LogP contribution in [0.4, 0.5) is 0 Å². The summed E-state index contributed by atoms with van der Waals surface area (Å²) in [5, 5.41) is 0. The monoisotopic (exact) mass is 170 g/mol. The molecule has 0 bridgehead atoms. The van der Waals surface area contributed by atoms with E-state index < -0.39 is 0 Å².